The molecule has 1 aromatic carbocycles. The zero-order chi connectivity index (χ0) is 35.9. The number of piperazine rings is 1. The van der Waals surface area contributed by atoms with Crippen molar-refractivity contribution in [1.82, 2.24) is 25.4 Å². The average molecular weight is 679 g/mol. The average Bonchev–Trinajstić information content (AvgIpc) is 3.58. The molecule has 266 valence electrons. The lowest BCUT2D eigenvalue weighted by molar-refractivity contribution is -0.146. The highest BCUT2D eigenvalue weighted by molar-refractivity contribution is 5.96. The number of likely N-dealkylation sites (N-methyl/N-ethyl adjacent to an activating group) is 1. The van der Waals surface area contributed by atoms with Crippen LogP contribution in [-0.2, 0) is 19.1 Å². The van der Waals surface area contributed by atoms with Gasteiger partial charge in [-0.3, -0.25) is 9.59 Å². The second-order valence-corrected chi connectivity index (χ2v) is 15.5. The number of nitrogens with one attached hydrogen (secondary N) is 2. The van der Waals surface area contributed by atoms with E-state index in [9.17, 15) is 24.3 Å². The smallest absolute Gasteiger partial charge is 0.408 e. The van der Waals surface area contributed by atoms with Crippen molar-refractivity contribution in [1.29, 1.82) is 0 Å². The van der Waals surface area contributed by atoms with Crippen molar-refractivity contribution in [2.45, 2.75) is 83.7 Å². The van der Waals surface area contributed by atoms with Crippen molar-refractivity contribution < 1.29 is 33.8 Å². The zero-order valence-corrected chi connectivity index (χ0v) is 29.6. The van der Waals surface area contributed by atoms with Crippen LogP contribution < -0.4 is 20.3 Å². The van der Waals surface area contributed by atoms with E-state index in [1.807, 2.05) is 51.1 Å². The minimum absolute atomic E-state index is 0.0327. The Bertz CT molecular complexity index is 1610. The molecule has 3 amide bonds. The van der Waals surface area contributed by atoms with Crippen LogP contribution in [0.2, 0.25) is 0 Å². The number of carboxylic acids is 1. The largest absolute Gasteiger partial charge is 0.488 e. The highest BCUT2D eigenvalue weighted by Crippen LogP contribution is 2.45. The van der Waals surface area contributed by atoms with Gasteiger partial charge in [0.05, 0.1) is 12.1 Å². The molecule has 2 aromatic rings. The third-order valence-corrected chi connectivity index (χ3v) is 9.44. The standard InChI is InChI=1S/C36H50N6O7/c1-9-22-20-36(22,32(45)46)39-30(43)26-18-23(21-42(26)31(44)29(34(2,3)4)38-33(47)49-35(5,6)7)48-27-19-28(41-16-14-40(8)15-17-41)37-25-13-11-10-12-24(25)27/h9-13,19,22-23,26,29H,1,14-18,20-21H2,2-8H3,(H,38,47)(H,39,43)(H,45,46)/t22-,23+,26-,29+,36?/m0/s1. The summed E-state index contributed by atoms with van der Waals surface area (Å²) in [7, 11) is 2.09. The van der Waals surface area contributed by atoms with Crippen LogP contribution in [0.4, 0.5) is 10.6 Å². The number of alkyl carbamates (subject to hydrolysis) is 1. The molecule has 1 aliphatic carbocycles. The van der Waals surface area contributed by atoms with Crippen molar-refractivity contribution in [2.24, 2.45) is 11.3 Å². The summed E-state index contributed by atoms with van der Waals surface area (Å²) in [6.45, 7) is 17.8. The Morgan fingerprint density at radius 1 is 1.08 bits per heavy atom. The van der Waals surface area contributed by atoms with Gasteiger partial charge >= 0.3 is 12.1 Å². The number of hydrogen-bond acceptors (Lipinski definition) is 9. The molecule has 0 radical (unpaired) electrons. The van der Waals surface area contributed by atoms with E-state index in [1.165, 1.54) is 11.0 Å². The Balaban J connectivity index is 1.46. The fourth-order valence-electron chi connectivity index (χ4n) is 6.54. The SMILES string of the molecule is C=C[C@H]1CC1(NC(=O)[C@@H]1C[C@@H](Oc2cc(N3CCN(C)CC3)nc3ccccc23)CN1C(=O)[C@@H](NC(=O)OC(C)(C)C)C(C)(C)C)C(=O)O. The summed E-state index contributed by atoms with van der Waals surface area (Å²) in [5, 5.41) is 16.3. The number of carbonyl (C=O) groups is 4. The van der Waals surface area contributed by atoms with Crippen molar-refractivity contribution >= 4 is 40.6 Å². The third kappa shape index (κ3) is 7.92. The number of carboxylic acid groups (broad SMARTS) is 1. The highest BCUT2D eigenvalue weighted by Gasteiger charge is 2.61. The molecule has 0 spiro atoms. The van der Waals surface area contributed by atoms with Gasteiger partial charge in [-0.25, -0.2) is 14.6 Å². The Morgan fingerprint density at radius 3 is 2.35 bits per heavy atom. The molecular weight excluding hydrogens is 628 g/mol. The molecule has 5 rings (SSSR count). The number of fused-ring (bicyclic) bond motifs is 1. The van der Waals surface area contributed by atoms with Crippen LogP contribution in [0.5, 0.6) is 5.75 Å². The first kappa shape index (κ1) is 35.9. The minimum Gasteiger partial charge on any atom is -0.488 e. The molecule has 5 atom stereocenters. The number of para-hydroxylation sites is 1. The molecule has 49 heavy (non-hydrogen) atoms. The Labute approximate surface area is 288 Å². The molecule has 1 saturated carbocycles. The normalized spacial score (nSPS) is 25.0. The summed E-state index contributed by atoms with van der Waals surface area (Å²) < 4.78 is 12.1. The van der Waals surface area contributed by atoms with Crippen molar-refractivity contribution in [3.05, 3.63) is 43.0 Å². The molecule has 3 fully saturated rings. The number of hydrogen-bond donors (Lipinski definition) is 3. The maximum Gasteiger partial charge on any atom is 0.408 e. The number of ether oxygens (including phenoxy) is 2. The molecule has 2 saturated heterocycles. The van der Waals surface area contributed by atoms with E-state index in [0.717, 1.165) is 42.9 Å². The monoisotopic (exact) mass is 678 g/mol. The molecule has 3 aliphatic rings. The van der Waals surface area contributed by atoms with Gasteiger partial charge in [0.15, 0.2) is 0 Å². The van der Waals surface area contributed by atoms with Gasteiger partial charge in [0.2, 0.25) is 11.8 Å². The number of benzene rings is 1. The van der Waals surface area contributed by atoms with Gasteiger partial charge in [-0.1, -0.05) is 39.0 Å². The van der Waals surface area contributed by atoms with Crippen LogP contribution in [0.1, 0.15) is 54.4 Å². The first-order valence-corrected chi connectivity index (χ1v) is 16.9. The minimum atomic E-state index is -1.48. The van der Waals surface area contributed by atoms with Crippen molar-refractivity contribution in [3.8, 4) is 5.75 Å². The van der Waals surface area contributed by atoms with E-state index in [-0.39, 0.29) is 19.4 Å². The van der Waals surface area contributed by atoms with E-state index in [2.05, 4.69) is 34.1 Å². The van der Waals surface area contributed by atoms with Gasteiger partial charge in [-0.2, -0.15) is 0 Å². The number of amides is 3. The Hall–Kier alpha value is -4.39. The molecule has 1 aromatic heterocycles. The fourth-order valence-corrected chi connectivity index (χ4v) is 6.54. The van der Waals surface area contributed by atoms with Crippen LogP contribution in [0.3, 0.4) is 0 Å². The predicted octanol–water partition coefficient (Wildman–Crippen LogP) is 3.42. The van der Waals surface area contributed by atoms with Crippen LogP contribution >= 0.6 is 0 Å². The summed E-state index contributed by atoms with van der Waals surface area (Å²) in [5.74, 6) is -1.33. The molecule has 3 N–H and O–H groups in total. The Morgan fingerprint density at radius 2 is 1.76 bits per heavy atom. The first-order valence-electron chi connectivity index (χ1n) is 16.9. The van der Waals surface area contributed by atoms with Gasteiger partial charge in [-0.15, -0.1) is 6.58 Å². The molecular formula is C36H50N6O7. The summed E-state index contributed by atoms with van der Waals surface area (Å²) >= 11 is 0. The van der Waals surface area contributed by atoms with E-state index in [1.54, 1.807) is 20.8 Å². The van der Waals surface area contributed by atoms with Gasteiger partial charge in [0.25, 0.3) is 0 Å². The van der Waals surface area contributed by atoms with E-state index >= 15 is 0 Å². The van der Waals surface area contributed by atoms with Gasteiger partial charge in [-0.05, 0) is 51.8 Å². The molecule has 1 unspecified atom stereocenters. The van der Waals surface area contributed by atoms with Crippen LogP contribution in [0.25, 0.3) is 10.9 Å². The van der Waals surface area contributed by atoms with Crippen molar-refractivity contribution in [2.75, 3.05) is 44.7 Å². The number of anilines is 1. The van der Waals surface area contributed by atoms with Crippen LogP contribution in [0.15, 0.2) is 43.0 Å². The number of aliphatic carboxylic acids is 1. The number of nitrogens with zero attached hydrogens (tertiary/aromatic N) is 4. The summed E-state index contributed by atoms with van der Waals surface area (Å²) in [4.78, 5) is 64.3. The lowest BCUT2D eigenvalue weighted by atomic mass is 9.85. The van der Waals surface area contributed by atoms with E-state index in [0.29, 0.717) is 5.75 Å². The molecule has 0 bridgehead atoms. The van der Waals surface area contributed by atoms with Crippen molar-refractivity contribution in [3.63, 3.8) is 0 Å². The van der Waals surface area contributed by atoms with Crippen LogP contribution in [0, 0.1) is 11.3 Å². The lowest BCUT2D eigenvalue weighted by Crippen LogP contribution is -2.59. The predicted molar refractivity (Wildman–Crippen MR) is 185 cm³/mol. The van der Waals surface area contributed by atoms with E-state index in [4.69, 9.17) is 14.5 Å². The number of rotatable bonds is 9. The first-order chi connectivity index (χ1) is 22.9. The van der Waals surface area contributed by atoms with Gasteiger partial charge < -0.3 is 39.9 Å². The Kier molecular flexibility index (Phi) is 9.89. The van der Waals surface area contributed by atoms with Gasteiger partial charge in [0, 0.05) is 50.0 Å². The number of likely N-dealkylation sites (tertiary alicyclic amines) is 1. The maximum atomic E-state index is 14.4. The topological polar surface area (TPSA) is 154 Å². The fraction of sp³-hybridized carbons (Fsp3) is 0.583. The second-order valence-electron chi connectivity index (χ2n) is 15.5. The molecule has 3 heterocycles. The second kappa shape index (κ2) is 13.5. The van der Waals surface area contributed by atoms with Gasteiger partial charge in [0.1, 0.15) is 40.9 Å². The summed E-state index contributed by atoms with van der Waals surface area (Å²) in [6.07, 6.45) is 0.454. The lowest BCUT2D eigenvalue weighted by Gasteiger charge is -2.36. The third-order valence-electron chi connectivity index (χ3n) is 9.44. The van der Waals surface area contributed by atoms with Crippen LogP contribution in [-0.4, -0.2) is 113 Å². The zero-order valence-electron chi connectivity index (χ0n) is 29.6. The number of aromatic nitrogens is 1. The molecule has 13 nitrogen and oxygen atoms in total. The van der Waals surface area contributed by atoms with E-state index < -0.39 is 64.5 Å². The molecule has 2 aliphatic heterocycles. The summed E-state index contributed by atoms with van der Waals surface area (Å²) in [6, 6.07) is 7.46. The number of pyridine rings is 1. The highest BCUT2D eigenvalue weighted by atomic mass is 16.6. The quantitative estimate of drug-likeness (QED) is 0.337. The number of carbonyl (C=O) groups excluding carboxylic acids is 3. The molecule has 13 heteroatoms. The maximum absolute atomic E-state index is 14.4. The summed E-state index contributed by atoms with van der Waals surface area (Å²) in [5.41, 5.74) is -2.28.